The van der Waals surface area contributed by atoms with Crippen LogP contribution in [0.5, 0.6) is 0 Å². The van der Waals surface area contributed by atoms with Crippen LogP contribution < -0.4 is 5.73 Å². The van der Waals surface area contributed by atoms with E-state index in [-0.39, 0.29) is 11.2 Å². The molecule has 2 rings (SSSR count). The Hall–Kier alpha value is -1.61. The van der Waals surface area contributed by atoms with Gasteiger partial charge in [0.05, 0.1) is 22.8 Å². The first-order chi connectivity index (χ1) is 9.79. The summed E-state index contributed by atoms with van der Waals surface area (Å²) in [4.78, 5) is 0. The highest BCUT2D eigenvalue weighted by Crippen LogP contribution is 2.38. The Kier molecular flexibility index (Phi) is 4.24. The van der Waals surface area contributed by atoms with Gasteiger partial charge in [-0.2, -0.15) is 5.26 Å². The molecule has 0 spiro atoms. The van der Waals surface area contributed by atoms with E-state index >= 15 is 0 Å². The number of rotatable bonds is 3. The minimum atomic E-state index is -0.453. The van der Waals surface area contributed by atoms with Crippen molar-refractivity contribution in [1.29, 1.82) is 5.26 Å². The normalized spacial score (nSPS) is 20.4. The summed E-state index contributed by atoms with van der Waals surface area (Å²) in [5, 5.41) is 8.96. The molecule has 1 heterocycles. The summed E-state index contributed by atoms with van der Waals surface area (Å²) in [5.74, 6) is 0. The van der Waals surface area contributed by atoms with Crippen LogP contribution in [0.15, 0.2) is 29.7 Å². The molecule has 0 saturated carbocycles. The van der Waals surface area contributed by atoms with Gasteiger partial charge in [0, 0.05) is 6.54 Å². The van der Waals surface area contributed by atoms with Crippen LogP contribution in [0, 0.1) is 11.3 Å². The Morgan fingerprint density at radius 1 is 1.29 bits per heavy atom. The molecule has 110 valence electrons. The maximum Gasteiger partial charge on any atom is 0.491 e. The molecular formula is C16H21BN2O2. The summed E-state index contributed by atoms with van der Waals surface area (Å²) < 4.78 is 12.0. The zero-order valence-corrected chi connectivity index (χ0v) is 13.0. The quantitative estimate of drug-likeness (QED) is 0.866. The number of nitriles is 1. The molecule has 0 radical (unpaired) electrons. The first-order valence-corrected chi connectivity index (χ1v) is 7.05. The number of nitrogens with two attached hydrogens (primary N) is 1. The van der Waals surface area contributed by atoms with E-state index in [9.17, 15) is 0 Å². The van der Waals surface area contributed by atoms with Crippen molar-refractivity contribution in [2.45, 2.75) is 38.9 Å². The van der Waals surface area contributed by atoms with E-state index in [4.69, 9.17) is 20.3 Å². The first-order valence-electron chi connectivity index (χ1n) is 7.05. The fourth-order valence-electron chi connectivity index (χ4n) is 2.13. The van der Waals surface area contributed by atoms with Crippen LogP contribution in [0.3, 0.4) is 0 Å². The molecule has 0 aliphatic carbocycles. The van der Waals surface area contributed by atoms with Gasteiger partial charge in [0.15, 0.2) is 0 Å². The highest BCUT2D eigenvalue weighted by atomic mass is 16.7. The summed E-state index contributed by atoms with van der Waals surface area (Å²) in [6.07, 6.45) is 1.93. The lowest BCUT2D eigenvalue weighted by Crippen LogP contribution is -2.41. The third kappa shape index (κ3) is 3.19. The molecule has 1 aliphatic rings. The number of nitrogens with zero attached hydrogens (tertiary/aromatic N) is 1. The average molecular weight is 284 g/mol. The van der Waals surface area contributed by atoms with E-state index in [1.807, 2.05) is 52.0 Å². The number of hydrogen-bond acceptors (Lipinski definition) is 4. The van der Waals surface area contributed by atoms with Crippen molar-refractivity contribution in [3.63, 3.8) is 0 Å². The van der Waals surface area contributed by atoms with E-state index in [0.29, 0.717) is 12.1 Å². The molecule has 0 bridgehead atoms. The monoisotopic (exact) mass is 284 g/mol. The second-order valence-corrected chi connectivity index (χ2v) is 6.25. The molecule has 1 saturated heterocycles. The summed E-state index contributed by atoms with van der Waals surface area (Å²) in [5.41, 5.74) is 7.48. The smallest absolute Gasteiger partial charge is 0.400 e. The van der Waals surface area contributed by atoms with Gasteiger partial charge in [0.25, 0.3) is 0 Å². The SMILES string of the molecule is CC1(C)OB(C(=Cc2cccc(C#N)c2)CN)OC1(C)C. The Bertz CT molecular complexity index is 587. The first kappa shape index (κ1) is 15.8. The minimum absolute atomic E-state index is 0.341. The lowest BCUT2D eigenvalue weighted by molar-refractivity contribution is 0.00578. The Morgan fingerprint density at radius 2 is 1.90 bits per heavy atom. The molecule has 2 N–H and O–H groups in total. The molecule has 1 aromatic rings. The maximum absolute atomic E-state index is 8.96. The van der Waals surface area contributed by atoms with Gasteiger partial charge in [0.1, 0.15) is 0 Å². The van der Waals surface area contributed by atoms with Crippen LogP contribution in [0.2, 0.25) is 0 Å². The molecule has 5 heteroatoms. The maximum atomic E-state index is 8.96. The van der Waals surface area contributed by atoms with Gasteiger partial charge in [0.2, 0.25) is 0 Å². The molecule has 0 aromatic heterocycles. The predicted molar refractivity (Wildman–Crippen MR) is 84.3 cm³/mol. The van der Waals surface area contributed by atoms with Crippen LogP contribution in [0.25, 0.3) is 6.08 Å². The molecule has 4 nitrogen and oxygen atoms in total. The highest BCUT2D eigenvalue weighted by Gasteiger charge is 2.52. The second kappa shape index (κ2) is 5.65. The van der Waals surface area contributed by atoms with Crippen LogP contribution in [0.4, 0.5) is 0 Å². The second-order valence-electron chi connectivity index (χ2n) is 6.25. The topological polar surface area (TPSA) is 68.3 Å². The van der Waals surface area contributed by atoms with Crippen molar-refractivity contribution < 1.29 is 9.31 Å². The van der Waals surface area contributed by atoms with E-state index in [1.165, 1.54) is 0 Å². The number of benzene rings is 1. The minimum Gasteiger partial charge on any atom is -0.400 e. The molecule has 0 amide bonds. The Morgan fingerprint density at radius 3 is 2.43 bits per heavy atom. The predicted octanol–water partition coefficient (Wildman–Crippen LogP) is 2.53. The molecule has 1 aromatic carbocycles. The third-order valence-corrected chi connectivity index (χ3v) is 4.16. The summed E-state index contributed by atoms with van der Waals surface area (Å²) in [6.45, 7) is 8.39. The Labute approximate surface area is 126 Å². The standard InChI is InChI=1S/C16H21BN2O2/c1-15(2)16(3,4)21-17(20-15)14(11-19)9-12-6-5-7-13(8-12)10-18/h5-9H,11,19H2,1-4H3. The van der Waals surface area contributed by atoms with Crippen LogP contribution in [-0.4, -0.2) is 24.9 Å². The van der Waals surface area contributed by atoms with Gasteiger partial charge in [-0.1, -0.05) is 18.2 Å². The molecule has 0 unspecified atom stereocenters. The van der Waals surface area contributed by atoms with Crippen LogP contribution in [-0.2, 0) is 9.31 Å². The van der Waals surface area contributed by atoms with Gasteiger partial charge in [-0.25, -0.2) is 0 Å². The molecule has 21 heavy (non-hydrogen) atoms. The van der Waals surface area contributed by atoms with Gasteiger partial charge >= 0.3 is 7.12 Å². The Balaban J connectivity index is 2.29. The number of hydrogen-bond donors (Lipinski definition) is 1. The molecule has 1 aliphatic heterocycles. The van der Waals surface area contributed by atoms with E-state index < -0.39 is 7.12 Å². The zero-order chi connectivity index (χ0) is 15.7. The van der Waals surface area contributed by atoms with Crippen molar-refractivity contribution >= 4 is 13.2 Å². The summed E-state index contributed by atoms with van der Waals surface area (Å²) >= 11 is 0. The third-order valence-electron chi connectivity index (χ3n) is 4.16. The summed E-state index contributed by atoms with van der Waals surface area (Å²) in [6, 6.07) is 9.51. The van der Waals surface area contributed by atoms with Gasteiger partial charge < -0.3 is 15.0 Å². The van der Waals surface area contributed by atoms with Gasteiger partial charge in [-0.05, 0) is 50.9 Å². The van der Waals surface area contributed by atoms with E-state index in [2.05, 4.69) is 6.07 Å². The van der Waals surface area contributed by atoms with Crippen LogP contribution >= 0.6 is 0 Å². The molecule has 1 fully saturated rings. The van der Waals surface area contributed by atoms with Crippen molar-refractivity contribution in [1.82, 2.24) is 0 Å². The average Bonchev–Trinajstić information content (AvgIpc) is 2.65. The van der Waals surface area contributed by atoms with Crippen LogP contribution in [0.1, 0.15) is 38.8 Å². The fourth-order valence-corrected chi connectivity index (χ4v) is 2.13. The largest absolute Gasteiger partial charge is 0.491 e. The summed E-state index contributed by atoms with van der Waals surface area (Å²) in [7, 11) is -0.453. The van der Waals surface area contributed by atoms with E-state index in [1.54, 1.807) is 6.07 Å². The fraction of sp³-hybridized carbons (Fsp3) is 0.438. The van der Waals surface area contributed by atoms with Crippen molar-refractivity contribution in [2.75, 3.05) is 6.54 Å². The lowest BCUT2D eigenvalue weighted by atomic mass is 9.77. The van der Waals surface area contributed by atoms with E-state index in [0.717, 1.165) is 11.0 Å². The van der Waals surface area contributed by atoms with Crippen molar-refractivity contribution in [3.05, 3.63) is 40.9 Å². The van der Waals surface area contributed by atoms with Crippen molar-refractivity contribution in [3.8, 4) is 6.07 Å². The lowest BCUT2D eigenvalue weighted by Gasteiger charge is -2.32. The zero-order valence-electron chi connectivity index (χ0n) is 13.0. The van der Waals surface area contributed by atoms with Crippen molar-refractivity contribution in [2.24, 2.45) is 5.73 Å². The van der Waals surface area contributed by atoms with Gasteiger partial charge in [-0.15, -0.1) is 0 Å². The highest BCUT2D eigenvalue weighted by molar-refractivity contribution is 6.55. The molecular weight excluding hydrogens is 263 g/mol. The van der Waals surface area contributed by atoms with Gasteiger partial charge in [-0.3, -0.25) is 0 Å². The molecule has 0 atom stereocenters.